The maximum atomic E-state index is 12.9. The summed E-state index contributed by atoms with van der Waals surface area (Å²) < 4.78 is 5.33. The molecule has 0 saturated heterocycles. The Kier molecular flexibility index (Phi) is 7.43. The number of fused-ring (bicyclic) bond motifs is 1. The van der Waals surface area contributed by atoms with Crippen molar-refractivity contribution in [2.24, 2.45) is 5.73 Å². The van der Waals surface area contributed by atoms with Crippen molar-refractivity contribution >= 4 is 28.6 Å². The van der Waals surface area contributed by atoms with Gasteiger partial charge in [0.2, 0.25) is 11.8 Å². The highest BCUT2D eigenvalue weighted by Gasteiger charge is 2.26. The number of nitrogens with two attached hydrogens (primary N) is 1. The number of carbonyl (C=O) groups is 3. The van der Waals surface area contributed by atoms with Gasteiger partial charge in [-0.05, 0) is 36.2 Å². The number of hydrogen-bond donors (Lipinski definition) is 4. The average Bonchev–Trinajstić information content (AvgIpc) is 3.23. The predicted molar refractivity (Wildman–Crippen MR) is 120 cm³/mol. The molecule has 168 valence electrons. The fourth-order valence-corrected chi connectivity index (χ4v) is 3.47. The van der Waals surface area contributed by atoms with E-state index in [0.29, 0.717) is 24.3 Å². The molecule has 3 rings (SSSR count). The molecule has 32 heavy (non-hydrogen) atoms. The minimum atomic E-state index is -0.916. The fourth-order valence-electron chi connectivity index (χ4n) is 3.47. The van der Waals surface area contributed by atoms with Crippen molar-refractivity contribution in [1.29, 1.82) is 0 Å². The summed E-state index contributed by atoms with van der Waals surface area (Å²) in [4.78, 5) is 44.7. The summed E-state index contributed by atoms with van der Waals surface area (Å²) in [6.45, 7) is 1.90. The lowest BCUT2D eigenvalue weighted by atomic mass is 10.1. The Morgan fingerprint density at radius 1 is 1.16 bits per heavy atom. The quantitative estimate of drug-likeness (QED) is 0.382. The van der Waals surface area contributed by atoms with Gasteiger partial charge in [0, 0.05) is 29.7 Å². The van der Waals surface area contributed by atoms with Crippen LogP contribution in [0.5, 0.6) is 5.75 Å². The molecule has 0 spiro atoms. The summed E-state index contributed by atoms with van der Waals surface area (Å²) in [6, 6.07) is 8.93. The van der Waals surface area contributed by atoms with E-state index in [1.54, 1.807) is 43.8 Å². The van der Waals surface area contributed by atoms with Gasteiger partial charge < -0.3 is 26.1 Å². The molecule has 3 aromatic rings. The first-order valence-corrected chi connectivity index (χ1v) is 10.4. The maximum Gasteiger partial charge on any atom is 0.268 e. The molecule has 2 aromatic heterocycles. The number of H-pyrrole nitrogens is 1. The standard InChI is InChI=1S/C23H27N5O4/c1-3-6-17(22(30)28-18(21(24)29)11-14-7-5-10-25-13-14)27-23(31)19-12-15-16(26-19)8-4-9-20(15)32-2/h4-5,7-10,12-13,17-18,26H,3,6,11H2,1-2H3,(H2,24,29)(H,27,31)(H,28,30)/t17-,18-/m0/s1. The van der Waals surface area contributed by atoms with Crippen LogP contribution in [0.1, 0.15) is 35.8 Å². The normalized spacial score (nSPS) is 12.7. The number of aromatic amines is 1. The third-order valence-corrected chi connectivity index (χ3v) is 5.11. The highest BCUT2D eigenvalue weighted by atomic mass is 16.5. The van der Waals surface area contributed by atoms with Gasteiger partial charge >= 0.3 is 0 Å². The Balaban J connectivity index is 1.72. The van der Waals surface area contributed by atoms with Crippen LogP contribution in [0, 0.1) is 0 Å². The van der Waals surface area contributed by atoms with Crippen molar-refractivity contribution in [2.75, 3.05) is 7.11 Å². The molecule has 0 aliphatic heterocycles. The zero-order valence-corrected chi connectivity index (χ0v) is 18.1. The number of nitrogens with one attached hydrogen (secondary N) is 3. The Labute approximate surface area is 185 Å². The molecular weight excluding hydrogens is 410 g/mol. The molecular formula is C23H27N5O4. The summed E-state index contributed by atoms with van der Waals surface area (Å²) in [5.41, 5.74) is 7.31. The topological polar surface area (TPSA) is 139 Å². The van der Waals surface area contributed by atoms with E-state index in [2.05, 4.69) is 20.6 Å². The van der Waals surface area contributed by atoms with E-state index in [1.807, 2.05) is 19.1 Å². The van der Waals surface area contributed by atoms with Crippen LogP contribution in [0.3, 0.4) is 0 Å². The minimum Gasteiger partial charge on any atom is -0.496 e. The fraction of sp³-hybridized carbons (Fsp3) is 0.304. The number of hydrogen-bond acceptors (Lipinski definition) is 5. The second-order valence-electron chi connectivity index (χ2n) is 7.45. The van der Waals surface area contributed by atoms with Gasteiger partial charge in [0.25, 0.3) is 5.91 Å². The first kappa shape index (κ1) is 22.8. The zero-order valence-electron chi connectivity index (χ0n) is 18.1. The smallest absolute Gasteiger partial charge is 0.268 e. The van der Waals surface area contributed by atoms with Crippen molar-refractivity contribution < 1.29 is 19.1 Å². The Hall–Kier alpha value is -3.88. The van der Waals surface area contributed by atoms with Gasteiger partial charge in [0.1, 0.15) is 23.5 Å². The first-order valence-electron chi connectivity index (χ1n) is 10.4. The van der Waals surface area contributed by atoms with E-state index in [4.69, 9.17) is 10.5 Å². The van der Waals surface area contributed by atoms with Gasteiger partial charge in [-0.15, -0.1) is 0 Å². The third-order valence-electron chi connectivity index (χ3n) is 5.11. The number of aromatic nitrogens is 2. The van der Waals surface area contributed by atoms with Crippen LogP contribution >= 0.6 is 0 Å². The van der Waals surface area contributed by atoms with Crippen molar-refractivity contribution in [3.8, 4) is 5.75 Å². The molecule has 9 heteroatoms. The van der Waals surface area contributed by atoms with Gasteiger partial charge in [-0.25, -0.2) is 0 Å². The second-order valence-corrected chi connectivity index (χ2v) is 7.45. The summed E-state index contributed by atoms with van der Waals surface area (Å²) in [7, 11) is 1.56. The molecule has 0 unspecified atom stereocenters. The van der Waals surface area contributed by atoms with E-state index in [-0.39, 0.29) is 6.42 Å². The highest BCUT2D eigenvalue weighted by molar-refractivity contribution is 6.01. The number of benzene rings is 1. The van der Waals surface area contributed by atoms with E-state index >= 15 is 0 Å². The van der Waals surface area contributed by atoms with Crippen molar-refractivity contribution in [3.63, 3.8) is 0 Å². The number of pyridine rings is 1. The molecule has 1 aromatic carbocycles. The summed E-state index contributed by atoms with van der Waals surface area (Å²) in [6.07, 6.45) is 4.50. The van der Waals surface area contributed by atoms with Crippen molar-refractivity contribution in [2.45, 2.75) is 38.3 Å². The molecule has 2 atom stereocenters. The van der Waals surface area contributed by atoms with E-state index in [0.717, 1.165) is 16.5 Å². The van der Waals surface area contributed by atoms with Gasteiger partial charge in [-0.2, -0.15) is 0 Å². The van der Waals surface area contributed by atoms with E-state index in [1.165, 1.54) is 0 Å². The summed E-state index contributed by atoms with van der Waals surface area (Å²) >= 11 is 0. The minimum absolute atomic E-state index is 0.212. The Morgan fingerprint density at radius 3 is 2.62 bits per heavy atom. The molecule has 0 fully saturated rings. The Bertz CT molecular complexity index is 1100. The summed E-state index contributed by atoms with van der Waals surface area (Å²) in [5, 5.41) is 6.18. The lowest BCUT2D eigenvalue weighted by Gasteiger charge is -2.21. The van der Waals surface area contributed by atoms with Crippen LogP contribution in [-0.2, 0) is 16.0 Å². The van der Waals surface area contributed by atoms with Crippen molar-refractivity contribution in [1.82, 2.24) is 20.6 Å². The number of primary amides is 1. The lowest BCUT2D eigenvalue weighted by Crippen LogP contribution is -2.53. The van der Waals surface area contributed by atoms with Crippen LogP contribution in [0.2, 0.25) is 0 Å². The average molecular weight is 438 g/mol. The van der Waals surface area contributed by atoms with Crippen LogP contribution in [0.4, 0.5) is 0 Å². The van der Waals surface area contributed by atoms with Gasteiger partial charge in [-0.3, -0.25) is 19.4 Å². The number of rotatable bonds is 10. The van der Waals surface area contributed by atoms with Gasteiger partial charge in [0.15, 0.2) is 0 Å². The monoisotopic (exact) mass is 437 g/mol. The molecule has 5 N–H and O–H groups in total. The number of amides is 3. The summed E-state index contributed by atoms with van der Waals surface area (Å²) in [5.74, 6) is -0.923. The SMILES string of the molecule is CCC[C@H](NC(=O)c1cc2c(OC)cccc2[nH]1)C(=O)N[C@@H](Cc1cccnc1)C(N)=O. The maximum absolute atomic E-state index is 12.9. The third kappa shape index (κ3) is 5.42. The number of ether oxygens (including phenoxy) is 1. The molecule has 9 nitrogen and oxygen atoms in total. The van der Waals surface area contributed by atoms with Crippen LogP contribution in [0.25, 0.3) is 10.9 Å². The Morgan fingerprint density at radius 2 is 1.97 bits per heavy atom. The number of methoxy groups -OCH3 is 1. The van der Waals surface area contributed by atoms with Gasteiger partial charge in [-0.1, -0.05) is 25.5 Å². The zero-order chi connectivity index (χ0) is 23.1. The van der Waals surface area contributed by atoms with E-state index < -0.39 is 29.8 Å². The number of carbonyl (C=O) groups excluding carboxylic acids is 3. The molecule has 0 aliphatic rings. The highest BCUT2D eigenvalue weighted by Crippen LogP contribution is 2.26. The van der Waals surface area contributed by atoms with Crippen LogP contribution < -0.4 is 21.1 Å². The van der Waals surface area contributed by atoms with Crippen LogP contribution in [-0.4, -0.2) is 46.9 Å². The largest absolute Gasteiger partial charge is 0.496 e. The van der Waals surface area contributed by atoms with Gasteiger partial charge in [0.05, 0.1) is 7.11 Å². The lowest BCUT2D eigenvalue weighted by molar-refractivity contribution is -0.128. The molecule has 2 heterocycles. The number of nitrogens with zero attached hydrogens (tertiary/aromatic N) is 1. The van der Waals surface area contributed by atoms with Crippen LogP contribution in [0.15, 0.2) is 48.8 Å². The molecule has 0 radical (unpaired) electrons. The molecule has 3 amide bonds. The van der Waals surface area contributed by atoms with Crippen molar-refractivity contribution in [3.05, 3.63) is 60.0 Å². The molecule has 0 aliphatic carbocycles. The predicted octanol–water partition coefficient (Wildman–Crippen LogP) is 1.68. The first-order chi connectivity index (χ1) is 15.4. The molecule has 0 saturated carbocycles. The van der Waals surface area contributed by atoms with E-state index in [9.17, 15) is 14.4 Å². The second kappa shape index (κ2) is 10.4. The molecule has 0 bridgehead atoms.